The van der Waals surface area contributed by atoms with Crippen LogP contribution in [0.5, 0.6) is 0 Å². The second kappa shape index (κ2) is 10.0. The van der Waals surface area contributed by atoms with Gasteiger partial charge in [-0.15, -0.1) is 0 Å². The molecule has 0 aliphatic heterocycles. The lowest BCUT2D eigenvalue weighted by molar-refractivity contribution is 0.153. The molecule has 0 radical (unpaired) electrons. The Morgan fingerprint density at radius 1 is 1.12 bits per heavy atom. The number of ether oxygens (including phenoxy) is 1. The van der Waals surface area contributed by atoms with Crippen LogP contribution in [0.2, 0.25) is 0 Å². The predicted molar refractivity (Wildman–Crippen MR) is 66.1 cm³/mol. The lowest BCUT2D eigenvalue weighted by Crippen LogP contribution is -2.30. The summed E-state index contributed by atoms with van der Waals surface area (Å²) in [5, 5.41) is 3.16. The summed E-state index contributed by atoms with van der Waals surface area (Å²) in [6.45, 7) is 7.15. The summed E-state index contributed by atoms with van der Waals surface area (Å²) in [7, 11) is -3.11. The number of hydrogen-bond acceptors (Lipinski definition) is 4. The SMILES string of the molecule is CCNCCCCS(=O)(=O)NCCOCC. The van der Waals surface area contributed by atoms with Gasteiger partial charge >= 0.3 is 0 Å². The molecule has 0 amide bonds. The fourth-order valence-electron chi connectivity index (χ4n) is 1.20. The number of unbranched alkanes of at least 4 members (excludes halogenated alkanes) is 1. The van der Waals surface area contributed by atoms with Gasteiger partial charge in [0, 0.05) is 13.2 Å². The average molecular weight is 252 g/mol. The van der Waals surface area contributed by atoms with E-state index in [1.807, 2.05) is 13.8 Å². The summed E-state index contributed by atoms with van der Waals surface area (Å²) >= 11 is 0. The van der Waals surface area contributed by atoms with E-state index in [9.17, 15) is 8.42 Å². The highest BCUT2D eigenvalue weighted by Crippen LogP contribution is 1.93. The molecule has 2 N–H and O–H groups in total. The number of nitrogens with one attached hydrogen (secondary N) is 2. The van der Waals surface area contributed by atoms with Crippen LogP contribution in [0.1, 0.15) is 26.7 Å². The van der Waals surface area contributed by atoms with Crippen molar-refractivity contribution in [2.24, 2.45) is 0 Å². The second-order valence-corrected chi connectivity index (χ2v) is 5.40. The zero-order valence-corrected chi connectivity index (χ0v) is 11.1. The molecule has 0 unspecified atom stereocenters. The molecule has 0 spiro atoms. The van der Waals surface area contributed by atoms with Gasteiger partial charge in [0.25, 0.3) is 0 Å². The molecule has 0 rings (SSSR count). The first kappa shape index (κ1) is 15.8. The zero-order chi connectivity index (χ0) is 12.3. The minimum Gasteiger partial charge on any atom is -0.380 e. The van der Waals surface area contributed by atoms with Crippen LogP contribution in [-0.2, 0) is 14.8 Å². The minimum absolute atomic E-state index is 0.199. The Kier molecular flexibility index (Phi) is 9.91. The van der Waals surface area contributed by atoms with Gasteiger partial charge in [0.2, 0.25) is 10.0 Å². The van der Waals surface area contributed by atoms with Crippen molar-refractivity contribution in [1.29, 1.82) is 0 Å². The van der Waals surface area contributed by atoms with Gasteiger partial charge in [-0.2, -0.15) is 0 Å². The van der Waals surface area contributed by atoms with E-state index in [2.05, 4.69) is 10.0 Å². The fraction of sp³-hybridized carbons (Fsp3) is 1.00. The molecule has 0 aliphatic carbocycles. The normalized spacial score (nSPS) is 11.9. The molecule has 0 aromatic carbocycles. The third-order valence-corrected chi connectivity index (χ3v) is 3.51. The van der Waals surface area contributed by atoms with Crippen LogP contribution >= 0.6 is 0 Å². The molecule has 98 valence electrons. The fourth-order valence-corrected chi connectivity index (χ4v) is 2.33. The first-order valence-corrected chi connectivity index (χ1v) is 7.53. The lowest BCUT2D eigenvalue weighted by atomic mass is 10.3. The lowest BCUT2D eigenvalue weighted by Gasteiger charge is -2.06. The summed E-state index contributed by atoms with van der Waals surface area (Å²) in [5.41, 5.74) is 0. The molecule has 16 heavy (non-hydrogen) atoms. The van der Waals surface area contributed by atoms with Gasteiger partial charge in [0.15, 0.2) is 0 Å². The Morgan fingerprint density at radius 2 is 1.88 bits per heavy atom. The molecular weight excluding hydrogens is 228 g/mol. The van der Waals surface area contributed by atoms with Gasteiger partial charge in [-0.25, -0.2) is 13.1 Å². The number of sulfonamides is 1. The van der Waals surface area contributed by atoms with Crippen LogP contribution in [0.15, 0.2) is 0 Å². The van der Waals surface area contributed by atoms with Crippen molar-refractivity contribution in [2.45, 2.75) is 26.7 Å². The van der Waals surface area contributed by atoms with E-state index >= 15 is 0 Å². The maximum absolute atomic E-state index is 11.4. The first-order valence-electron chi connectivity index (χ1n) is 5.88. The monoisotopic (exact) mass is 252 g/mol. The molecule has 0 aromatic rings. The third-order valence-electron chi connectivity index (χ3n) is 2.04. The molecule has 0 heterocycles. The Bertz CT molecular complexity index is 242. The molecule has 0 fully saturated rings. The van der Waals surface area contributed by atoms with Gasteiger partial charge in [0.05, 0.1) is 12.4 Å². The highest BCUT2D eigenvalue weighted by atomic mass is 32.2. The standard InChI is InChI=1S/C10H24N2O3S/c1-3-11-7-5-6-10-16(13,14)12-8-9-15-4-2/h11-12H,3-10H2,1-2H3. The Balaban J connectivity index is 3.47. The van der Waals surface area contributed by atoms with Crippen molar-refractivity contribution in [3.05, 3.63) is 0 Å². The van der Waals surface area contributed by atoms with Crippen molar-refractivity contribution < 1.29 is 13.2 Å². The summed E-state index contributed by atoms with van der Waals surface area (Å²) in [6, 6.07) is 0. The highest BCUT2D eigenvalue weighted by Gasteiger charge is 2.08. The van der Waals surface area contributed by atoms with Crippen LogP contribution in [0.3, 0.4) is 0 Å². The average Bonchev–Trinajstić information content (AvgIpc) is 2.24. The Hall–Kier alpha value is -0.170. The molecule has 0 atom stereocenters. The molecule has 0 saturated heterocycles. The van der Waals surface area contributed by atoms with E-state index in [-0.39, 0.29) is 5.75 Å². The van der Waals surface area contributed by atoms with Gasteiger partial charge in [-0.3, -0.25) is 0 Å². The highest BCUT2D eigenvalue weighted by molar-refractivity contribution is 7.89. The Morgan fingerprint density at radius 3 is 2.50 bits per heavy atom. The van der Waals surface area contributed by atoms with E-state index in [4.69, 9.17) is 4.74 Å². The van der Waals surface area contributed by atoms with E-state index in [1.54, 1.807) is 0 Å². The summed E-state index contributed by atoms with van der Waals surface area (Å²) < 4.78 is 30.4. The topological polar surface area (TPSA) is 67.4 Å². The molecular formula is C10H24N2O3S. The smallest absolute Gasteiger partial charge is 0.211 e. The van der Waals surface area contributed by atoms with E-state index in [1.165, 1.54) is 0 Å². The van der Waals surface area contributed by atoms with E-state index in [0.717, 1.165) is 19.5 Å². The summed E-state index contributed by atoms with van der Waals surface area (Å²) in [4.78, 5) is 0. The van der Waals surface area contributed by atoms with Crippen LogP contribution in [0, 0.1) is 0 Å². The molecule has 0 bridgehead atoms. The summed E-state index contributed by atoms with van der Waals surface area (Å²) in [6.07, 6.45) is 1.58. The largest absolute Gasteiger partial charge is 0.380 e. The molecule has 0 aromatic heterocycles. The first-order chi connectivity index (χ1) is 7.62. The van der Waals surface area contributed by atoms with Crippen LogP contribution in [-0.4, -0.2) is 47.0 Å². The number of hydrogen-bond donors (Lipinski definition) is 2. The quantitative estimate of drug-likeness (QED) is 0.520. The van der Waals surface area contributed by atoms with Crippen molar-refractivity contribution in [1.82, 2.24) is 10.0 Å². The predicted octanol–water partition coefficient (Wildman–Crippen LogP) is 0.332. The van der Waals surface area contributed by atoms with E-state index < -0.39 is 10.0 Å². The second-order valence-electron chi connectivity index (χ2n) is 3.47. The van der Waals surface area contributed by atoms with Crippen molar-refractivity contribution in [2.75, 3.05) is 38.6 Å². The van der Waals surface area contributed by atoms with E-state index in [0.29, 0.717) is 26.2 Å². The van der Waals surface area contributed by atoms with Crippen LogP contribution in [0.25, 0.3) is 0 Å². The number of rotatable bonds is 11. The zero-order valence-electron chi connectivity index (χ0n) is 10.3. The maximum atomic E-state index is 11.4. The van der Waals surface area contributed by atoms with Gasteiger partial charge < -0.3 is 10.1 Å². The van der Waals surface area contributed by atoms with Crippen molar-refractivity contribution in [3.8, 4) is 0 Å². The van der Waals surface area contributed by atoms with Gasteiger partial charge in [-0.05, 0) is 32.9 Å². The summed E-state index contributed by atoms with van der Waals surface area (Å²) in [5.74, 6) is 0.199. The maximum Gasteiger partial charge on any atom is 0.211 e. The molecule has 0 saturated carbocycles. The van der Waals surface area contributed by atoms with Crippen molar-refractivity contribution in [3.63, 3.8) is 0 Å². The molecule has 5 nitrogen and oxygen atoms in total. The Labute approximate surface area is 99.0 Å². The third kappa shape index (κ3) is 10.4. The van der Waals surface area contributed by atoms with Gasteiger partial charge in [-0.1, -0.05) is 6.92 Å². The minimum atomic E-state index is -3.11. The van der Waals surface area contributed by atoms with Crippen LogP contribution in [0.4, 0.5) is 0 Å². The molecule has 0 aliphatic rings. The molecule has 6 heteroatoms. The van der Waals surface area contributed by atoms with Crippen LogP contribution < -0.4 is 10.0 Å². The van der Waals surface area contributed by atoms with Crippen molar-refractivity contribution >= 4 is 10.0 Å². The van der Waals surface area contributed by atoms with Gasteiger partial charge in [0.1, 0.15) is 0 Å².